The van der Waals surface area contributed by atoms with Gasteiger partial charge in [0.2, 0.25) is 0 Å². The van der Waals surface area contributed by atoms with Gasteiger partial charge in [-0.05, 0) is 38.7 Å². The number of hydrogen-bond donors (Lipinski definition) is 1. The molecule has 0 radical (unpaired) electrons. The van der Waals surface area contributed by atoms with Gasteiger partial charge in [-0.3, -0.25) is 10.1 Å². The van der Waals surface area contributed by atoms with Gasteiger partial charge in [-0.1, -0.05) is 12.1 Å². The van der Waals surface area contributed by atoms with Crippen molar-refractivity contribution in [2.45, 2.75) is 32.6 Å². The molecule has 0 saturated heterocycles. The van der Waals surface area contributed by atoms with Gasteiger partial charge < -0.3 is 9.15 Å². The van der Waals surface area contributed by atoms with Crippen LogP contribution in [-0.4, -0.2) is 18.0 Å². The van der Waals surface area contributed by atoms with Crippen LogP contribution in [0.15, 0.2) is 22.6 Å². The molecule has 0 saturated carbocycles. The molecule has 0 unspecified atom stereocenters. The van der Waals surface area contributed by atoms with Gasteiger partial charge in [0.1, 0.15) is 0 Å². The Morgan fingerprint density at radius 1 is 1.33 bits per heavy atom. The summed E-state index contributed by atoms with van der Waals surface area (Å²) in [4.78, 5) is 18.5. The molecule has 4 rings (SSSR count). The Labute approximate surface area is 143 Å². The van der Waals surface area contributed by atoms with Crippen LogP contribution < -0.4 is 10.1 Å². The summed E-state index contributed by atoms with van der Waals surface area (Å²) in [6.07, 6.45) is 4.43. The van der Waals surface area contributed by atoms with Crippen molar-refractivity contribution in [1.82, 2.24) is 4.98 Å². The monoisotopic (exact) mass is 342 g/mol. The van der Waals surface area contributed by atoms with Crippen LogP contribution >= 0.6 is 11.3 Å². The topological polar surface area (TPSA) is 64.4 Å². The van der Waals surface area contributed by atoms with Gasteiger partial charge >= 0.3 is 0 Å². The Hall–Kier alpha value is -2.34. The molecule has 1 amide bonds. The van der Waals surface area contributed by atoms with E-state index >= 15 is 0 Å². The predicted octanol–water partition coefficient (Wildman–Crippen LogP) is 4.34. The standard InChI is InChI=1S/C18H18N2O3S/c1-10-11-6-5-8-13(22-2)16(11)23-15(10)17(21)20-18-19-12-7-3-4-9-14(12)24-18/h5-6,8H,3-4,7,9H2,1-2H3,(H,19,20,21). The minimum Gasteiger partial charge on any atom is -0.493 e. The normalized spacial score (nSPS) is 13.8. The molecular weight excluding hydrogens is 324 g/mol. The van der Waals surface area contributed by atoms with Crippen molar-refractivity contribution in [2.24, 2.45) is 0 Å². The molecular formula is C18H18N2O3S. The number of fused-ring (bicyclic) bond motifs is 2. The van der Waals surface area contributed by atoms with E-state index < -0.39 is 0 Å². The highest BCUT2D eigenvalue weighted by Crippen LogP contribution is 2.33. The lowest BCUT2D eigenvalue weighted by Gasteiger charge is -2.06. The number of carbonyl (C=O) groups is 1. The number of anilines is 1. The molecule has 5 nitrogen and oxygen atoms in total. The number of furan rings is 1. The fourth-order valence-corrected chi connectivity index (χ4v) is 4.20. The molecule has 0 aliphatic heterocycles. The zero-order chi connectivity index (χ0) is 16.7. The molecule has 1 aliphatic carbocycles. The largest absolute Gasteiger partial charge is 0.493 e. The zero-order valence-electron chi connectivity index (χ0n) is 13.6. The Kier molecular flexibility index (Phi) is 3.76. The number of carbonyl (C=O) groups excluding carboxylic acids is 1. The molecule has 0 atom stereocenters. The van der Waals surface area contributed by atoms with Crippen molar-refractivity contribution in [3.05, 3.63) is 40.1 Å². The van der Waals surface area contributed by atoms with Gasteiger partial charge in [0.25, 0.3) is 5.91 Å². The van der Waals surface area contributed by atoms with E-state index in [-0.39, 0.29) is 5.91 Å². The fourth-order valence-electron chi connectivity index (χ4n) is 3.15. The first-order valence-corrected chi connectivity index (χ1v) is 8.85. The summed E-state index contributed by atoms with van der Waals surface area (Å²) in [6, 6.07) is 5.64. The number of methoxy groups -OCH3 is 1. The lowest BCUT2D eigenvalue weighted by atomic mass is 10.0. The number of nitrogens with one attached hydrogen (secondary N) is 1. The second-order valence-electron chi connectivity index (χ2n) is 5.94. The van der Waals surface area contributed by atoms with Gasteiger partial charge in [0.05, 0.1) is 12.8 Å². The summed E-state index contributed by atoms with van der Waals surface area (Å²) in [5, 5.41) is 4.43. The number of thiazole rings is 1. The Morgan fingerprint density at radius 3 is 2.96 bits per heavy atom. The van der Waals surface area contributed by atoms with Crippen molar-refractivity contribution >= 4 is 33.3 Å². The molecule has 1 aliphatic rings. The van der Waals surface area contributed by atoms with E-state index in [1.54, 1.807) is 18.4 Å². The highest BCUT2D eigenvalue weighted by atomic mass is 32.1. The van der Waals surface area contributed by atoms with Gasteiger partial charge in [0, 0.05) is 15.8 Å². The fraction of sp³-hybridized carbons (Fsp3) is 0.333. The van der Waals surface area contributed by atoms with Crippen LogP contribution in [0.25, 0.3) is 11.0 Å². The average molecular weight is 342 g/mol. The van der Waals surface area contributed by atoms with Gasteiger partial charge in [-0.15, -0.1) is 11.3 Å². The molecule has 124 valence electrons. The Morgan fingerprint density at radius 2 is 2.17 bits per heavy atom. The van der Waals surface area contributed by atoms with Crippen LogP contribution in [-0.2, 0) is 12.8 Å². The summed E-state index contributed by atoms with van der Waals surface area (Å²) in [5.41, 5.74) is 2.54. The number of hydrogen-bond acceptors (Lipinski definition) is 5. The summed E-state index contributed by atoms with van der Waals surface area (Å²) < 4.78 is 11.1. The molecule has 24 heavy (non-hydrogen) atoms. The van der Waals surface area contributed by atoms with Gasteiger partial charge in [0.15, 0.2) is 22.2 Å². The zero-order valence-corrected chi connectivity index (χ0v) is 14.5. The van der Waals surface area contributed by atoms with Crippen molar-refractivity contribution in [2.75, 3.05) is 12.4 Å². The maximum Gasteiger partial charge on any atom is 0.293 e. The molecule has 3 aromatic rings. The maximum absolute atomic E-state index is 12.6. The van der Waals surface area contributed by atoms with Crippen molar-refractivity contribution < 1.29 is 13.9 Å². The van der Waals surface area contributed by atoms with E-state index in [1.807, 2.05) is 25.1 Å². The first-order chi connectivity index (χ1) is 11.7. The van der Waals surface area contributed by atoms with Crippen LogP contribution in [0.4, 0.5) is 5.13 Å². The minimum atomic E-state index is -0.267. The molecule has 2 aromatic heterocycles. The lowest BCUT2D eigenvalue weighted by molar-refractivity contribution is 0.0997. The third-order valence-corrected chi connectivity index (χ3v) is 5.49. The van der Waals surface area contributed by atoms with E-state index in [0.717, 1.165) is 29.5 Å². The number of ether oxygens (including phenoxy) is 1. The highest BCUT2D eigenvalue weighted by Gasteiger charge is 2.22. The third kappa shape index (κ3) is 2.47. The number of aryl methyl sites for hydroxylation is 3. The second-order valence-corrected chi connectivity index (χ2v) is 7.03. The van der Waals surface area contributed by atoms with E-state index in [9.17, 15) is 4.79 Å². The Bertz CT molecular complexity index is 902. The average Bonchev–Trinajstić information content (AvgIpc) is 3.15. The minimum absolute atomic E-state index is 0.267. The number of para-hydroxylation sites is 1. The molecule has 1 aromatic carbocycles. The third-order valence-electron chi connectivity index (χ3n) is 4.42. The number of nitrogens with zero attached hydrogens (tertiary/aromatic N) is 1. The van der Waals surface area contributed by atoms with Crippen molar-refractivity contribution in [3.8, 4) is 5.75 Å². The van der Waals surface area contributed by atoms with Crippen LogP contribution in [0.1, 0.15) is 39.5 Å². The Balaban J connectivity index is 1.66. The smallest absolute Gasteiger partial charge is 0.293 e. The summed E-state index contributed by atoms with van der Waals surface area (Å²) in [5.74, 6) is 0.666. The van der Waals surface area contributed by atoms with Crippen molar-refractivity contribution in [1.29, 1.82) is 0 Å². The van der Waals surface area contributed by atoms with Crippen LogP contribution in [0.3, 0.4) is 0 Å². The highest BCUT2D eigenvalue weighted by molar-refractivity contribution is 7.15. The van der Waals surface area contributed by atoms with E-state index in [1.165, 1.54) is 17.7 Å². The number of amides is 1. The van der Waals surface area contributed by atoms with E-state index in [0.29, 0.717) is 22.2 Å². The molecule has 6 heteroatoms. The molecule has 0 spiro atoms. The quantitative estimate of drug-likeness (QED) is 0.769. The first-order valence-electron chi connectivity index (χ1n) is 8.03. The van der Waals surface area contributed by atoms with Crippen LogP contribution in [0.5, 0.6) is 5.75 Å². The number of aromatic nitrogens is 1. The molecule has 0 fully saturated rings. The van der Waals surface area contributed by atoms with Crippen LogP contribution in [0, 0.1) is 6.92 Å². The van der Waals surface area contributed by atoms with E-state index in [2.05, 4.69) is 10.3 Å². The summed E-state index contributed by atoms with van der Waals surface area (Å²) >= 11 is 1.57. The first kappa shape index (κ1) is 15.2. The summed E-state index contributed by atoms with van der Waals surface area (Å²) in [6.45, 7) is 1.88. The molecule has 1 N–H and O–H groups in total. The molecule has 0 bridgehead atoms. The van der Waals surface area contributed by atoms with Gasteiger partial charge in [-0.2, -0.15) is 0 Å². The van der Waals surface area contributed by atoms with E-state index in [4.69, 9.17) is 9.15 Å². The predicted molar refractivity (Wildman–Crippen MR) is 94.2 cm³/mol. The lowest BCUT2D eigenvalue weighted by Crippen LogP contribution is -2.12. The summed E-state index contributed by atoms with van der Waals surface area (Å²) in [7, 11) is 1.59. The van der Waals surface area contributed by atoms with Gasteiger partial charge in [-0.25, -0.2) is 4.98 Å². The second kappa shape index (κ2) is 5.94. The SMILES string of the molecule is COc1cccc2c(C)c(C(=O)Nc3nc4c(s3)CCCC4)oc12. The maximum atomic E-state index is 12.6. The number of benzene rings is 1. The van der Waals surface area contributed by atoms with Crippen LogP contribution in [0.2, 0.25) is 0 Å². The van der Waals surface area contributed by atoms with Crippen molar-refractivity contribution in [3.63, 3.8) is 0 Å². The number of rotatable bonds is 3. The molecule has 2 heterocycles.